The minimum Gasteiger partial charge on any atom is -0.396 e. The van der Waals surface area contributed by atoms with Crippen molar-refractivity contribution < 1.29 is 13.5 Å². The Kier molecular flexibility index (Phi) is 5.27. The Morgan fingerprint density at radius 1 is 1.29 bits per heavy atom. The molecule has 6 heteroatoms. The summed E-state index contributed by atoms with van der Waals surface area (Å²) >= 11 is 0. The fourth-order valence-corrected chi connectivity index (χ4v) is 3.75. The molecule has 1 aromatic heterocycles. The Hall–Kier alpha value is -1.50. The van der Waals surface area contributed by atoms with Crippen LogP contribution in [0.4, 0.5) is 0 Å². The number of nitrogens with zero attached hydrogens (tertiary/aromatic N) is 1. The van der Waals surface area contributed by atoms with Crippen LogP contribution >= 0.6 is 0 Å². The first-order chi connectivity index (χ1) is 10.0. The number of pyridine rings is 1. The van der Waals surface area contributed by atoms with Gasteiger partial charge in [-0.1, -0.05) is 24.3 Å². The Morgan fingerprint density at radius 3 is 2.81 bits per heavy atom. The average molecular weight is 308 g/mol. The maximum atomic E-state index is 12.2. The van der Waals surface area contributed by atoms with Gasteiger partial charge in [0.05, 0.1) is 11.3 Å². The minimum atomic E-state index is -3.43. The summed E-state index contributed by atoms with van der Waals surface area (Å²) in [5.41, 5.74) is 1.41. The molecule has 0 aliphatic carbocycles. The molecule has 21 heavy (non-hydrogen) atoms. The van der Waals surface area contributed by atoms with Gasteiger partial charge in [0.25, 0.3) is 0 Å². The van der Waals surface area contributed by atoms with Gasteiger partial charge in [0.15, 0.2) is 0 Å². The monoisotopic (exact) mass is 308 g/mol. The molecule has 0 fully saturated rings. The van der Waals surface area contributed by atoms with E-state index in [2.05, 4.69) is 9.71 Å². The molecule has 0 bridgehead atoms. The standard InChI is InChI=1S/C15H20N2O3S/c1-12(5-4-10-18)17-21(19,20)11-14-7-2-6-13-8-3-9-16-15(13)14/h2-3,6-9,12,17-18H,4-5,10-11H2,1H3. The van der Waals surface area contributed by atoms with Crippen LogP contribution in [0, 0.1) is 0 Å². The molecule has 0 aliphatic heterocycles. The number of benzene rings is 1. The van der Waals surface area contributed by atoms with Crippen molar-refractivity contribution in [1.29, 1.82) is 0 Å². The Balaban J connectivity index is 2.15. The SMILES string of the molecule is CC(CCCO)NS(=O)(=O)Cc1cccc2cccnc12. The van der Waals surface area contributed by atoms with Gasteiger partial charge in [-0.3, -0.25) is 4.98 Å². The Labute approximate surface area is 125 Å². The summed E-state index contributed by atoms with van der Waals surface area (Å²) in [6, 6.07) is 9.09. The van der Waals surface area contributed by atoms with E-state index in [-0.39, 0.29) is 18.4 Å². The molecular weight excluding hydrogens is 288 g/mol. The summed E-state index contributed by atoms with van der Waals surface area (Å²) in [5, 5.41) is 9.71. The number of sulfonamides is 1. The van der Waals surface area contributed by atoms with Gasteiger partial charge >= 0.3 is 0 Å². The highest BCUT2D eigenvalue weighted by atomic mass is 32.2. The van der Waals surface area contributed by atoms with Gasteiger partial charge < -0.3 is 5.11 Å². The molecule has 1 atom stereocenters. The van der Waals surface area contributed by atoms with E-state index in [1.165, 1.54) is 0 Å². The molecule has 0 spiro atoms. The molecule has 0 aliphatic rings. The second-order valence-electron chi connectivity index (χ2n) is 5.14. The third-order valence-electron chi connectivity index (χ3n) is 3.24. The highest BCUT2D eigenvalue weighted by Crippen LogP contribution is 2.18. The number of hydrogen-bond acceptors (Lipinski definition) is 4. The first-order valence-electron chi connectivity index (χ1n) is 6.95. The number of aromatic nitrogens is 1. The number of aliphatic hydroxyl groups is 1. The predicted molar refractivity (Wildman–Crippen MR) is 83.3 cm³/mol. The number of aliphatic hydroxyl groups excluding tert-OH is 1. The van der Waals surface area contributed by atoms with Gasteiger partial charge in [0.2, 0.25) is 10.0 Å². The number of rotatable bonds is 7. The van der Waals surface area contributed by atoms with Crippen LogP contribution in [0.15, 0.2) is 36.5 Å². The lowest BCUT2D eigenvalue weighted by atomic mass is 10.1. The highest BCUT2D eigenvalue weighted by Gasteiger charge is 2.16. The molecule has 0 amide bonds. The number of nitrogens with one attached hydrogen (secondary N) is 1. The minimum absolute atomic E-state index is 0.0688. The molecule has 0 radical (unpaired) electrons. The average Bonchev–Trinajstić information content (AvgIpc) is 2.44. The van der Waals surface area contributed by atoms with Crippen LogP contribution in [0.3, 0.4) is 0 Å². The van der Waals surface area contributed by atoms with Crippen LogP contribution in [-0.2, 0) is 15.8 Å². The van der Waals surface area contributed by atoms with E-state index in [1.807, 2.05) is 24.3 Å². The largest absolute Gasteiger partial charge is 0.396 e. The number of para-hydroxylation sites is 1. The maximum Gasteiger partial charge on any atom is 0.216 e. The van der Waals surface area contributed by atoms with Gasteiger partial charge in [-0.2, -0.15) is 0 Å². The fraction of sp³-hybridized carbons (Fsp3) is 0.400. The van der Waals surface area contributed by atoms with Gasteiger partial charge in [-0.15, -0.1) is 0 Å². The second-order valence-corrected chi connectivity index (χ2v) is 6.89. The van der Waals surface area contributed by atoms with Gasteiger partial charge in [0.1, 0.15) is 0 Å². The first kappa shape index (κ1) is 15.9. The second kappa shape index (κ2) is 6.98. The molecule has 114 valence electrons. The van der Waals surface area contributed by atoms with E-state index in [1.54, 1.807) is 19.2 Å². The molecule has 2 aromatic rings. The zero-order valence-corrected chi connectivity index (χ0v) is 12.8. The third kappa shape index (κ3) is 4.49. The fourth-order valence-electron chi connectivity index (χ4n) is 2.29. The molecule has 1 aromatic carbocycles. The van der Waals surface area contributed by atoms with Crippen molar-refractivity contribution in [2.24, 2.45) is 0 Å². The van der Waals surface area contributed by atoms with Crippen molar-refractivity contribution in [2.45, 2.75) is 31.6 Å². The smallest absolute Gasteiger partial charge is 0.216 e. The van der Waals surface area contributed by atoms with Gasteiger partial charge in [0, 0.05) is 24.2 Å². The Bertz CT molecular complexity index is 696. The lowest BCUT2D eigenvalue weighted by molar-refractivity contribution is 0.279. The van der Waals surface area contributed by atoms with Crippen molar-refractivity contribution in [3.63, 3.8) is 0 Å². The van der Waals surface area contributed by atoms with Gasteiger partial charge in [-0.05, 0) is 31.4 Å². The first-order valence-corrected chi connectivity index (χ1v) is 8.60. The molecule has 0 saturated carbocycles. The van der Waals surface area contributed by atoms with Crippen molar-refractivity contribution in [3.05, 3.63) is 42.1 Å². The van der Waals surface area contributed by atoms with Crippen LogP contribution in [0.5, 0.6) is 0 Å². The zero-order valence-electron chi connectivity index (χ0n) is 12.0. The Morgan fingerprint density at radius 2 is 2.05 bits per heavy atom. The summed E-state index contributed by atoms with van der Waals surface area (Å²) in [7, 11) is -3.43. The van der Waals surface area contributed by atoms with E-state index in [0.717, 1.165) is 5.39 Å². The maximum absolute atomic E-state index is 12.2. The van der Waals surface area contributed by atoms with E-state index in [0.29, 0.717) is 23.9 Å². The van der Waals surface area contributed by atoms with Crippen LogP contribution in [-0.4, -0.2) is 31.2 Å². The lowest BCUT2D eigenvalue weighted by Crippen LogP contribution is -2.33. The van der Waals surface area contributed by atoms with Gasteiger partial charge in [-0.25, -0.2) is 13.1 Å². The van der Waals surface area contributed by atoms with Crippen molar-refractivity contribution in [1.82, 2.24) is 9.71 Å². The summed E-state index contributed by atoms with van der Waals surface area (Å²) in [6.07, 6.45) is 2.86. The number of fused-ring (bicyclic) bond motifs is 1. The molecule has 2 N–H and O–H groups in total. The molecule has 5 nitrogen and oxygen atoms in total. The van der Waals surface area contributed by atoms with Crippen molar-refractivity contribution >= 4 is 20.9 Å². The van der Waals surface area contributed by atoms with Crippen molar-refractivity contribution in [3.8, 4) is 0 Å². The van der Waals surface area contributed by atoms with Crippen LogP contribution in [0.1, 0.15) is 25.3 Å². The van der Waals surface area contributed by atoms with E-state index >= 15 is 0 Å². The topological polar surface area (TPSA) is 79.3 Å². The third-order valence-corrected chi connectivity index (χ3v) is 4.69. The molecule has 1 heterocycles. The summed E-state index contributed by atoms with van der Waals surface area (Å²) < 4.78 is 27.1. The molecule has 0 saturated heterocycles. The summed E-state index contributed by atoms with van der Waals surface area (Å²) in [5.74, 6) is -0.0924. The van der Waals surface area contributed by atoms with E-state index < -0.39 is 10.0 Å². The quantitative estimate of drug-likeness (QED) is 0.817. The van der Waals surface area contributed by atoms with Crippen LogP contribution in [0.2, 0.25) is 0 Å². The lowest BCUT2D eigenvalue weighted by Gasteiger charge is -2.14. The van der Waals surface area contributed by atoms with Crippen molar-refractivity contribution in [2.75, 3.05) is 6.61 Å². The predicted octanol–water partition coefficient (Wildman–Crippen LogP) is 1.82. The summed E-state index contributed by atoms with van der Waals surface area (Å²) in [6.45, 7) is 1.87. The molecule has 1 unspecified atom stereocenters. The molecule has 2 rings (SSSR count). The summed E-state index contributed by atoms with van der Waals surface area (Å²) in [4.78, 5) is 4.27. The normalized spacial score (nSPS) is 13.4. The van der Waals surface area contributed by atoms with Crippen LogP contribution in [0.25, 0.3) is 10.9 Å². The number of hydrogen-bond donors (Lipinski definition) is 2. The van der Waals surface area contributed by atoms with E-state index in [4.69, 9.17) is 5.11 Å². The zero-order chi connectivity index (χ0) is 15.3. The highest BCUT2D eigenvalue weighted by molar-refractivity contribution is 7.88. The van der Waals surface area contributed by atoms with E-state index in [9.17, 15) is 8.42 Å². The van der Waals surface area contributed by atoms with Crippen LogP contribution < -0.4 is 4.72 Å². The molecular formula is C15H20N2O3S.